The molecule has 0 saturated carbocycles. The van der Waals surface area contributed by atoms with Crippen LogP contribution < -0.4 is 0 Å². The highest BCUT2D eigenvalue weighted by molar-refractivity contribution is 5.29. The molecule has 0 aromatic rings. The van der Waals surface area contributed by atoms with Crippen molar-refractivity contribution in [1.82, 2.24) is 4.90 Å². The lowest BCUT2D eigenvalue weighted by Gasteiger charge is -2.23. The molecular formula is C9H7N. The van der Waals surface area contributed by atoms with Crippen molar-refractivity contribution in [3.8, 4) is 0 Å². The molecule has 0 atom stereocenters. The molecule has 48 valence electrons. The second-order valence-corrected chi connectivity index (χ2v) is 2.21. The minimum absolute atomic E-state index is 0.920. The van der Waals surface area contributed by atoms with E-state index in [1.54, 1.807) is 0 Å². The molecule has 2 radical (unpaired) electrons. The van der Waals surface area contributed by atoms with Gasteiger partial charge in [0.15, 0.2) is 0 Å². The Bertz CT molecular complexity index is 243. The van der Waals surface area contributed by atoms with E-state index >= 15 is 0 Å². The summed E-state index contributed by atoms with van der Waals surface area (Å²) in [5.74, 6) is 0. The van der Waals surface area contributed by atoms with Gasteiger partial charge >= 0.3 is 0 Å². The Morgan fingerprint density at radius 3 is 3.30 bits per heavy atom. The lowest BCUT2D eigenvalue weighted by molar-refractivity contribution is 0.519. The summed E-state index contributed by atoms with van der Waals surface area (Å²) >= 11 is 0. The van der Waals surface area contributed by atoms with Crippen molar-refractivity contribution in [2.75, 3.05) is 6.54 Å². The molecule has 0 aliphatic carbocycles. The summed E-state index contributed by atoms with van der Waals surface area (Å²) < 4.78 is 0. The Balaban J connectivity index is 2.34. The van der Waals surface area contributed by atoms with Crippen LogP contribution in [0.1, 0.15) is 0 Å². The SMILES string of the molecule is [C]1=CCN2C=CC=CC2=[C]1. The van der Waals surface area contributed by atoms with Gasteiger partial charge in [-0.3, -0.25) is 0 Å². The Hall–Kier alpha value is -1.24. The minimum Gasteiger partial charge on any atom is -0.344 e. The molecule has 0 N–H and O–H groups in total. The second-order valence-electron chi connectivity index (χ2n) is 2.21. The predicted octanol–water partition coefficient (Wildman–Crippen LogP) is 1.43. The van der Waals surface area contributed by atoms with E-state index in [4.69, 9.17) is 0 Å². The second kappa shape index (κ2) is 2.18. The van der Waals surface area contributed by atoms with Gasteiger partial charge in [0.05, 0.1) is 0 Å². The maximum Gasteiger partial charge on any atom is 0.0495 e. The smallest absolute Gasteiger partial charge is 0.0495 e. The Morgan fingerprint density at radius 1 is 1.40 bits per heavy atom. The summed E-state index contributed by atoms with van der Waals surface area (Å²) in [6.07, 6.45) is 16.0. The first-order valence-corrected chi connectivity index (χ1v) is 3.28. The molecular weight excluding hydrogens is 122 g/mol. The molecule has 0 saturated heterocycles. The van der Waals surface area contributed by atoms with E-state index in [1.807, 2.05) is 30.5 Å². The zero-order valence-corrected chi connectivity index (χ0v) is 5.54. The van der Waals surface area contributed by atoms with Gasteiger partial charge in [-0.15, -0.1) is 0 Å². The van der Waals surface area contributed by atoms with Gasteiger partial charge in [0, 0.05) is 24.5 Å². The van der Waals surface area contributed by atoms with Crippen LogP contribution in [0.5, 0.6) is 0 Å². The number of hydrogen-bond donors (Lipinski definition) is 0. The molecule has 0 aromatic carbocycles. The zero-order valence-electron chi connectivity index (χ0n) is 5.54. The molecule has 0 spiro atoms. The molecule has 2 heterocycles. The first-order valence-electron chi connectivity index (χ1n) is 3.28. The highest BCUT2D eigenvalue weighted by atomic mass is 15.1. The van der Waals surface area contributed by atoms with Crippen molar-refractivity contribution in [2.45, 2.75) is 0 Å². The quantitative estimate of drug-likeness (QED) is 0.478. The molecule has 0 amide bonds. The van der Waals surface area contributed by atoms with Crippen LogP contribution in [0.25, 0.3) is 0 Å². The Morgan fingerprint density at radius 2 is 2.40 bits per heavy atom. The maximum atomic E-state index is 3.02. The number of allylic oxidation sites excluding steroid dienone is 5. The summed E-state index contributed by atoms with van der Waals surface area (Å²) in [5, 5.41) is 0. The monoisotopic (exact) mass is 129 g/mol. The number of hydrogen-bond acceptors (Lipinski definition) is 1. The molecule has 0 unspecified atom stereocenters. The van der Waals surface area contributed by atoms with Crippen LogP contribution in [0, 0.1) is 12.2 Å². The summed E-state index contributed by atoms with van der Waals surface area (Å²) in [4.78, 5) is 2.12. The van der Waals surface area contributed by atoms with Crippen LogP contribution in [0.2, 0.25) is 0 Å². The third kappa shape index (κ3) is 0.798. The van der Waals surface area contributed by atoms with Gasteiger partial charge < -0.3 is 4.90 Å². The zero-order chi connectivity index (χ0) is 6.81. The van der Waals surface area contributed by atoms with Crippen molar-refractivity contribution in [2.24, 2.45) is 0 Å². The Labute approximate surface area is 60.6 Å². The fraction of sp³-hybridized carbons (Fsp3) is 0.111. The van der Waals surface area contributed by atoms with Crippen molar-refractivity contribution >= 4 is 0 Å². The summed E-state index contributed by atoms with van der Waals surface area (Å²) in [6.45, 7) is 0.920. The van der Waals surface area contributed by atoms with Crippen molar-refractivity contribution in [1.29, 1.82) is 0 Å². The van der Waals surface area contributed by atoms with E-state index in [0.717, 1.165) is 12.2 Å². The maximum absolute atomic E-state index is 3.02. The molecule has 10 heavy (non-hydrogen) atoms. The van der Waals surface area contributed by atoms with Gasteiger partial charge in [-0.05, 0) is 18.2 Å². The molecule has 2 aliphatic heterocycles. The number of fused-ring (bicyclic) bond motifs is 1. The van der Waals surface area contributed by atoms with Gasteiger partial charge in [-0.1, -0.05) is 12.2 Å². The van der Waals surface area contributed by atoms with Crippen LogP contribution in [-0.2, 0) is 0 Å². The van der Waals surface area contributed by atoms with E-state index < -0.39 is 0 Å². The summed E-state index contributed by atoms with van der Waals surface area (Å²) in [7, 11) is 0. The molecule has 1 heteroatoms. The van der Waals surface area contributed by atoms with Gasteiger partial charge in [0.25, 0.3) is 0 Å². The van der Waals surface area contributed by atoms with Crippen LogP contribution >= 0.6 is 0 Å². The lowest BCUT2D eigenvalue weighted by atomic mass is 10.2. The van der Waals surface area contributed by atoms with Crippen LogP contribution in [0.4, 0.5) is 0 Å². The number of rotatable bonds is 0. The molecule has 2 aliphatic rings. The summed E-state index contributed by atoms with van der Waals surface area (Å²) in [6, 6.07) is 0. The van der Waals surface area contributed by atoms with Crippen LogP contribution in [0.3, 0.4) is 0 Å². The predicted molar refractivity (Wildman–Crippen MR) is 39.6 cm³/mol. The largest absolute Gasteiger partial charge is 0.344 e. The van der Waals surface area contributed by atoms with Gasteiger partial charge in [-0.2, -0.15) is 0 Å². The average molecular weight is 129 g/mol. The van der Waals surface area contributed by atoms with Crippen molar-refractivity contribution < 1.29 is 0 Å². The van der Waals surface area contributed by atoms with Gasteiger partial charge in [0.2, 0.25) is 0 Å². The third-order valence-corrected chi connectivity index (χ3v) is 1.53. The van der Waals surface area contributed by atoms with Crippen LogP contribution in [-0.4, -0.2) is 11.4 Å². The normalized spacial score (nSPS) is 20.8. The van der Waals surface area contributed by atoms with Crippen LogP contribution in [0.15, 0.2) is 36.2 Å². The fourth-order valence-corrected chi connectivity index (χ4v) is 1.02. The van der Waals surface area contributed by atoms with Crippen molar-refractivity contribution in [3.63, 3.8) is 0 Å². The first kappa shape index (κ1) is 5.54. The highest BCUT2D eigenvalue weighted by Gasteiger charge is 2.06. The minimum atomic E-state index is 0.920. The van der Waals surface area contributed by atoms with E-state index in [1.165, 1.54) is 0 Å². The molecule has 2 rings (SSSR count). The summed E-state index contributed by atoms with van der Waals surface area (Å²) in [5.41, 5.74) is 1.10. The average Bonchev–Trinajstić information content (AvgIpc) is 2.05. The molecule has 0 fully saturated rings. The van der Waals surface area contributed by atoms with Gasteiger partial charge in [-0.25, -0.2) is 0 Å². The lowest BCUT2D eigenvalue weighted by Crippen LogP contribution is -2.19. The van der Waals surface area contributed by atoms with E-state index in [-0.39, 0.29) is 0 Å². The third-order valence-electron chi connectivity index (χ3n) is 1.53. The molecule has 1 nitrogen and oxygen atoms in total. The van der Waals surface area contributed by atoms with Crippen molar-refractivity contribution in [3.05, 3.63) is 48.4 Å². The van der Waals surface area contributed by atoms with E-state index in [0.29, 0.717) is 0 Å². The molecule has 0 aromatic heterocycles. The Kier molecular flexibility index (Phi) is 1.21. The molecule has 0 bridgehead atoms. The standard InChI is InChI=1S/C9H7N/c1-3-7-10-8-4-2-6-9(10)5-1/h1,3-5,7H,8H2. The highest BCUT2D eigenvalue weighted by Crippen LogP contribution is 2.13. The fourth-order valence-electron chi connectivity index (χ4n) is 1.02. The first-order chi connectivity index (χ1) is 4.97. The topological polar surface area (TPSA) is 3.24 Å². The van der Waals surface area contributed by atoms with E-state index in [9.17, 15) is 0 Å². The number of nitrogens with zero attached hydrogens (tertiary/aromatic N) is 1. The van der Waals surface area contributed by atoms with E-state index in [2.05, 4.69) is 17.1 Å². The van der Waals surface area contributed by atoms with Gasteiger partial charge in [0.1, 0.15) is 0 Å².